The van der Waals surface area contributed by atoms with Crippen molar-refractivity contribution < 1.29 is 13.2 Å². The molecule has 0 fully saturated rings. The molecule has 4 rings (SSSR count). The topological polar surface area (TPSA) is 92.5 Å². The Morgan fingerprint density at radius 1 is 1.03 bits per heavy atom. The molecule has 6 nitrogen and oxygen atoms in total. The number of anilines is 1. The van der Waals surface area contributed by atoms with Crippen LogP contribution in [0.3, 0.4) is 0 Å². The van der Waals surface area contributed by atoms with Gasteiger partial charge in [0.25, 0.3) is 0 Å². The fourth-order valence-electron chi connectivity index (χ4n) is 3.30. The molecule has 0 spiro atoms. The molecule has 34 heavy (non-hydrogen) atoms. The highest BCUT2D eigenvalue weighted by molar-refractivity contribution is 6.36. The number of alkyl halides is 3. The summed E-state index contributed by atoms with van der Waals surface area (Å²) in [6.45, 7) is 2.09. The number of imidazole rings is 1. The maximum Gasteiger partial charge on any atom is 0.417 e. The molecule has 0 amide bonds. The molecular formula is C23H19Cl2F3N6. The molecule has 3 aromatic heterocycles. The van der Waals surface area contributed by atoms with E-state index in [4.69, 9.17) is 33.9 Å². The minimum Gasteiger partial charge on any atom is -0.368 e. The van der Waals surface area contributed by atoms with Gasteiger partial charge in [-0.15, -0.1) is 0 Å². The highest BCUT2D eigenvalue weighted by Crippen LogP contribution is 2.36. The molecule has 0 saturated carbocycles. The van der Waals surface area contributed by atoms with Gasteiger partial charge in [-0.1, -0.05) is 23.2 Å². The van der Waals surface area contributed by atoms with Crippen molar-refractivity contribution in [1.82, 2.24) is 19.9 Å². The van der Waals surface area contributed by atoms with Crippen LogP contribution in [0.2, 0.25) is 10.0 Å². The van der Waals surface area contributed by atoms with E-state index >= 15 is 0 Å². The Labute approximate surface area is 203 Å². The number of aromatic nitrogens is 4. The molecule has 3 heterocycles. The Morgan fingerprint density at radius 3 is 2.41 bits per heavy atom. The van der Waals surface area contributed by atoms with Crippen LogP contribution in [0.15, 0.2) is 54.9 Å². The molecule has 0 radical (unpaired) electrons. The number of pyridine rings is 2. The number of hydrogen-bond acceptors (Lipinski definition) is 5. The van der Waals surface area contributed by atoms with Gasteiger partial charge in [0.05, 0.1) is 28.0 Å². The van der Waals surface area contributed by atoms with Crippen molar-refractivity contribution in [3.05, 3.63) is 81.9 Å². The Kier molecular flexibility index (Phi) is 6.79. The zero-order valence-electron chi connectivity index (χ0n) is 17.8. The first-order valence-electron chi connectivity index (χ1n) is 10.1. The van der Waals surface area contributed by atoms with Crippen LogP contribution in [0.25, 0.3) is 22.6 Å². The van der Waals surface area contributed by atoms with Crippen molar-refractivity contribution in [2.45, 2.75) is 19.1 Å². The predicted octanol–water partition coefficient (Wildman–Crippen LogP) is 6.28. The normalized spacial score (nSPS) is 12.6. The van der Waals surface area contributed by atoms with E-state index in [2.05, 4.69) is 20.3 Å². The van der Waals surface area contributed by atoms with Gasteiger partial charge in [-0.2, -0.15) is 13.2 Å². The van der Waals surface area contributed by atoms with Crippen molar-refractivity contribution in [2.75, 3.05) is 11.9 Å². The molecule has 4 aromatic rings. The number of H-pyrrole nitrogens is 1. The number of aromatic amines is 1. The summed E-state index contributed by atoms with van der Waals surface area (Å²) in [6, 6.07) is 10.3. The lowest BCUT2D eigenvalue weighted by Crippen LogP contribution is -2.22. The third-order valence-electron chi connectivity index (χ3n) is 5.04. The average molecular weight is 507 g/mol. The summed E-state index contributed by atoms with van der Waals surface area (Å²) in [5.74, 6) is 1.12. The lowest BCUT2D eigenvalue weighted by Gasteiger charge is -2.16. The Morgan fingerprint density at radius 2 is 1.79 bits per heavy atom. The SMILES string of the molecule is Cc1cnc(-c2ccc(NCC(N)c3ccc(C(F)(F)F)cn3)nc2-c2ccc(Cl)cc2Cl)[nH]1. The van der Waals surface area contributed by atoms with Gasteiger partial charge in [-0.3, -0.25) is 4.98 Å². The van der Waals surface area contributed by atoms with Crippen LogP contribution >= 0.6 is 23.2 Å². The number of halogens is 5. The third kappa shape index (κ3) is 5.32. The fourth-order valence-corrected chi connectivity index (χ4v) is 3.79. The number of nitrogens with two attached hydrogens (primary N) is 1. The first-order valence-corrected chi connectivity index (χ1v) is 10.9. The summed E-state index contributed by atoms with van der Waals surface area (Å²) in [5.41, 5.74) is 8.48. The summed E-state index contributed by atoms with van der Waals surface area (Å²) in [7, 11) is 0. The van der Waals surface area contributed by atoms with Gasteiger partial charge >= 0.3 is 6.18 Å². The van der Waals surface area contributed by atoms with Crippen molar-refractivity contribution >= 4 is 29.0 Å². The molecule has 1 atom stereocenters. The second-order valence-electron chi connectivity index (χ2n) is 7.59. The number of nitrogens with one attached hydrogen (secondary N) is 2. The summed E-state index contributed by atoms with van der Waals surface area (Å²) in [5, 5.41) is 4.03. The molecule has 0 bridgehead atoms. The first-order chi connectivity index (χ1) is 16.1. The Balaban J connectivity index is 1.60. The van der Waals surface area contributed by atoms with Crippen LogP contribution in [0.1, 0.15) is 23.0 Å². The summed E-state index contributed by atoms with van der Waals surface area (Å²) in [6.07, 6.45) is -1.97. The molecule has 0 aliphatic carbocycles. The van der Waals surface area contributed by atoms with E-state index in [1.165, 1.54) is 6.07 Å². The second-order valence-corrected chi connectivity index (χ2v) is 8.43. The van der Waals surface area contributed by atoms with Crippen molar-refractivity contribution in [3.63, 3.8) is 0 Å². The van der Waals surface area contributed by atoms with Gasteiger partial charge in [0.15, 0.2) is 0 Å². The maximum atomic E-state index is 12.8. The predicted molar refractivity (Wildman–Crippen MR) is 127 cm³/mol. The fraction of sp³-hybridized carbons (Fsp3) is 0.174. The zero-order chi connectivity index (χ0) is 24.5. The molecule has 1 aromatic carbocycles. The van der Waals surface area contributed by atoms with Gasteiger partial charge in [-0.25, -0.2) is 9.97 Å². The van der Waals surface area contributed by atoms with Crippen LogP contribution in [-0.2, 0) is 6.18 Å². The highest BCUT2D eigenvalue weighted by Gasteiger charge is 2.30. The van der Waals surface area contributed by atoms with Crippen LogP contribution in [0.5, 0.6) is 0 Å². The average Bonchev–Trinajstić information content (AvgIpc) is 3.23. The largest absolute Gasteiger partial charge is 0.417 e. The van der Waals surface area contributed by atoms with Gasteiger partial charge in [0.1, 0.15) is 11.6 Å². The molecular weight excluding hydrogens is 488 g/mol. The van der Waals surface area contributed by atoms with E-state index in [9.17, 15) is 13.2 Å². The molecule has 11 heteroatoms. The van der Waals surface area contributed by atoms with E-state index < -0.39 is 17.8 Å². The first kappa shape index (κ1) is 24.0. The summed E-state index contributed by atoms with van der Waals surface area (Å²) >= 11 is 12.5. The standard InChI is InChI=1S/C23H19Cl2F3N6/c1-12-9-32-22(33-12)16-5-7-20(34-21(16)15-4-3-14(24)8-17(15)25)31-11-18(29)19-6-2-13(10-30-19)23(26,27)28/h2-10,18H,11,29H2,1H3,(H,31,34)(H,32,33). The number of rotatable bonds is 6. The van der Waals surface area contributed by atoms with Crippen LogP contribution < -0.4 is 11.1 Å². The molecule has 0 aliphatic heterocycles. The number of aryl methyl sites for hydroxylation is 1. The van der Waals surface area contributed by atoms with E-state index in [1.807, 2.05) is 13.0 Å². The Bertz CT molecular complexity index is 1310. The van der Waals surface area contributed by atoms with E-state index in [0.29, 0.717) is 38.6 Å². The number of nitrogens with zero attached hydrogens (tertiary/aromatic N) is 3. The number of hydrogen-bond donors (Lipinski definition) is 3. The van der Waals surface area contributed by atoms with Crippen molar-refractivity contribution in [2.24, 2.45) is 5.73 Å². The summed E-state index contributed by atoms with van der Waals surface area (Å²) < 4.78 is 38.3. The zero-order valence-corrected chi connectivity index (χ0v) is 19.3. The quantitative estimate of drug-likeness (QED) is 0.286. The minimum atomic E-state index is -4.45. The third-order valence-corrected chi connectivity index (χ3v) is 5.58. The van der Waals surface area contributed by atoms with Crippen LogP contribution in [0, 0.1) is 6.92 Å². The molecule has 176 valence electrons. The molecule has 4 N–H and O–H groups in total. The van der Waals surface area contributed by atoms with Crippen molar-refractivity contribution in [3.8, 4) is 22.6 Å². The highest BCUT2D eigenvalue weighted by atomic mass is 35.5. The summed E-state index contributed by atoms with van der Waals surface area (Å²) in [4.78, 5) is 16.1. The maximum absolute atomic E-state index is 12.8. The number of benzene rings is 1. The van der Waals surface area contributed by atoms with Crippen molar-refractivity contribution in [1.29, 1.82) is 0 Å². The monoisotopic (exact) mass is 506 g/mol. The second kappa shape index (κ2) is 9.61. The van der Waals surface area contributed by atoms with Gasteiger partial charge in [-0.05, 0) is 49.4 Å². The van der Waals surface area contributed by atoms with E-state index in [1.54, 1.807) is 30.5 Å². The van der Waals surface area contributed by atoms with Gasteiger partial charge in [0.2, 0.25) is 0 Å². The van der Waals surface area contributed by atoms with E-state index in [0.717, 1.165) is 23.5 Å². The Hall–Kier alpha value is -3.14. The molecule has 0 aliphatic rings. The lowest BCUT2D eigenvalue weighted by molar-refractivity contribution is -0.137. The smallest absolute Gasteiger partial charge is 0.368 e. The van der Waals surface area contributed by atoms with Gasteiger partial charge in [0, 0.05) is 40.8 Å². The minimum absolute atomic E-state index is 0.193. The van der Waals surface area contributed by atoms with Crippen LogP contribution in [-0.4, -0.2) is 26.5 Å². The van der Waals surface area contributed by atoms with Crippen LogP contribution in [0.4, 0.5) is 19.0 Å². The van der Waals surface area contributed by atoms with E-state index in [-0.39, 0.29) is 6.54 Å². The molecule has 0 saturated heterocycles. The lowest BCUT2D eigenvalue weighted by atomic mass is 10.0. The van der Waals surface area contributed by atoms with Gasteiger partial charge < -0.3 is 16.0 Å². The molecule has 1 unspecified atom stereocenters.